The number of carbonyl (C=O) groups is 1. The third-order valence-electron chi connectivity index (χ3n) is 3.40. The van der Waals surface area contributed by atoms with Gasteiger partial charge < -0.3 is 9.64 Å². The fourth-order valence-corrected chi connectivity index (χ4v) is 2.48. The smallest absolute Gasteiger partial charge is 0.308 e. The first-order chi connectivity index (χ1) is 9.13. The fraction of sp³-hybridized carbons (Fsp3) is 0.615. The van der Waals surface area contributed by atoms with E-state index in [1.165, 1.54) is 7.11 Å². The minimum atomic E-state index is -0.116. The third kappa shape index (κ3) is 3.35. The predicted octanol–water partition coefficient (Wildman–Crippen LogP) is 2.08. The number of anilines is 1. The van der Waals surface area contributed by atoms with Crippen molar-refractivity contribution in [1.29, 1.82) is 0 Å². The van der Waals surface area contributed by atoms with Gasteiger partial charge in [-0.15, -0.1) is 0 Å². The molecule has 19 heavy (non-hydrogen) atoms. The van der Waals surface area contributed by atoms with Crippen LogP contribution in [0.15, 0.2) is 6.07 Å². The van der Waals surface area contributed by atoms with Gasteiger partial charge in [-0.3, -0.25) is 4.79 Å². The molecule has 0 aromatic carbocycles. The van der Waals surface area contributed by atoms with Crippen LogP contribution in [0.3, 0.4) is 0 Å². The van der Waals surface area contributed by atoms with Crippen LogP contribution < -0.4 is 4.90 Å². The summed E-state index contributed by atoms with van der Waals surface area (Å²) >= 11 is 6.00. The van der Waals surface area contributed by atoms with Crippen LogP contribution in [0.2, 0.25) is 5.15 Å². The molecule has 0 atom stereocenters. The van der Waals surface area contributed by atoms with Crippen molar-refractivity contribution in [2.45, 2.75) is 26.2 Å². The van der Waals surface area contributed by atoms with Gasteiger partial charge in [0, 0.05) is 25.6 Å². The maximum atomic E-state index is 11.5. The minimum Gasteiger partial charge on any atom is -0.469 e. The average molecular weight is 284 g/mol. The first-order valence-corrected chi connectivity index (χ1v) is 6.88. The molecule has 104 valence electrons. The van der Waals surface area contributed by atoms with Crippen molar-refractivity contribution >= 4 is 23.4 Å². The quantitative estimate of drug-likeness (QED) is 0.628. The first-order valence-electron chi connectivity index (χ1n) is 6.50. The van der Waals surface area contributed by atoms with Crippen molar-refractivity contribution < 1.29 is 9.53 Å². The van der Waals surface area contributed by atoms with Crippen molar-refractivity contribution in [3.8, 4) is 0 Å². The number of carbonyl (C=O) groups excluding carboxylic acids is 1. The number of halogens is 1. The van der Waals surface area contributed by atoms with Crippen molar-refractivity contribution in [2.75, 3.05) is 25.1 Å². The van der Waals surface area contributed by atoms with Gasteiger partial charge in [0.1, 0.15) is 16.8 Å². The van der Waals surface area contributed by atoms with Gasteiger partial charge in [-0.2, -0.15) is 0 Å². The molecule has 1 aromatic heterocycles. The number of aromatic nitrogens is 2. The van der Waals surface area contributed by atoms with Gasteiger partial charge >= 0.3 is 5.97 Å². The molecule has 0 N–H and O–H groups in total. The van der Waals surface area contributed by atoms with E-state index in [2.05, 4.69) is 14.9 Å². The first kappa shape index (κ1) is 14.1. The number of rotatable bonds is 3. The Labute approximate surface area is 117 Å². The molecule has 0 bridgehead atoms. The van der Waals surface area contributed by atoms with Gasteiger partial charge in [0.25, 0.3) is 0 Å². The summed E-state index contributed by atoms with van der Waals surface area (Å²) in [7, 11) is 1.44. The van der Waals surface area contributed by atoms with Crippen LogP contribution in [0, 0.1) is 5.92 Å². The number of piperidine rings is 1. The summed E-state index contributed by atoms with van der Waals surface area (Å²) in [4.78, 5) is 22.3. The highest BCUT2D eigenvalue weighted by Gasteiger charge is 2.26. The van der Waals surface area contributed by atoms with Crippen LogP contribution in [-0.2, 0) is 16.0 Å². The van der Waals surface area contributed by atoms with Gasteiger partial charge in [0.2, 0.25) is 0 Å². The highest BCUT2D eigenvalue weighted by molar-refractivity contribution is 6.29. The lowest BCUT2D eigenvalue weighted by Crippen LogP contribution is -2.37. The molecule has 1 fully saturated rings. The highest BCUT2D eigenvalue weighted by atomic mass is 35.5. The number of hydrogen-bond acceptors (Lipinski definition) is 5. The van der Waals surface area contributed by atoms with Crippen molar-refractivity contribution in [2.24, 2.45) is 5.92 Å². The summed E-state index contributed by atoms with van der Waals surface area (Å²) in [5.41, 5.74) is 0. The van der Waals surface area contributed by atoms with Gasteiger partial charge in [-0.05, 0) is 12.8 Å². The Balaban J connectivity index is 2.05. The summed E-state index contributed by atoms with van der Waals surface area (Å²) in [6, 6.07) is 1.78. The monoisotopic (exact) mass is 283 g/mol. The molecule has 0 saturated carbocycles. The SMILES string of the molecule is CCc1nc(Cl)cc(N2CCC(C(=O)OC)CC2)n1. The molecule has 1 aliphatic heterocycles. The summed E-state index contributed by atoms with van der Waals surface area (Å²) < 4.78 is 4.78. The maximum absolute atomic E-state index is 11.5. The number of aryl methyl sites for hydroxylation is 1. The summed E-state index contributed by atoms with van der Waals surface area (Å²) in [5, 5.41) is 0.469. The lowest BCUT2D eigenvalue weighted by atomic mass is 9.97. The Morgan fingerprint density at radius 1 is 1.47 bits per heavy atom. The van der Waals surface area contributed by atoms with Crippen LogP contribution in [0.25, 0.3) is 0 Å². The molecule has 6 heteroatoms. The highest BCUT2D eigenvalue weighted by Crippen LogP contribution is 2.24. The van der Waals surface area contributed by atoms with Crippen molar-refractivity contribution in [3.05, 3.63) is 17.0 Å². The molecule has 5 nitrogen and oxygen atoms in total. The molecule has 0 aliphatic carbocycles. The van der Waals surface area contributed by atoms with E-state index in [1.54, 1.807) is 6.07 Å². The molecular formula is C13H18ClN3O2. The van der Waals surface area contributed by atoms with Crippen LogP contribution in [0.4, 0.5) is 5.82 Å². The second-order valence-electron chi connectivity index (χ2n) is 4.60. The Bertz CT molecular complexity index is 459. The van der Waals surface area contributed by atoms with E-state index in [0.29, 0.717) is 5.15 Å². The molecule has 0 spiro atoms. The van der Waals surface area contributed by atoms with Crippen LogP contribution >= 0.6 is 11.6 Å². The number of nitrogens with zero attached hydrogens (tertiary/aromatic N) is 3. The topological polar surface area (TPSA) is 55.3 Å². The molecule has 0 unspecified atom stereocenters. The normalized spacial score (nSPS) is 16.5. The second-order valence-corrected chi connectivity index (χ2v) is 4.99. The predicted molar refractivity (Wildman–Crippen MR) is 73.4 cm³/mol. The lowest BCUT2D eigenvalue weighted by molar-refractivity contribution is -0.146. The van der Waals surface area contributed by atoms with E-state index in [-0.39, 0.29) is 11.9 Å². The zero-order valence-corrected chi connectivity index (χ0v) is 12.0. The van der Waals surface area contributed by atoms with Gasteiger partial charge in [0.15, 0.2) is 0 Å². The number of methoxy groups -OCH3 is 1. The van der Waals surface area contributed by atoms with Gasteiger partial charge in [-0.1, -0.05) is 18.5 Å². The molecule has 0 amide bonds. The zero-order valence-electron chi connectivity index (χ0n) is 11.2. The van der Waals surface area contributed by atoms with Crippen LogP contribution in [-0.4, -0.2) is 36.1 Å². The Morgan fingerprint density at radius 3 is 2.74 bits per heavy atom. The molecule has 1 aliphatic rings. The Morgan fingerprint density at radius 2 is 2.16 bits per heavy atom. The molecular weight excluding hydrogens is 266 g/mol. The Kier molecular flexibility index (Phi) is 4.58. The largest absolute Gasteiger partial charge is 0.469 e. The average Bonchev–Trinajstić information content (AvgIpc) is 2.46. The third-order valence-corrected chi connectivity index (χ3v) is 3.59. The van der Waals surface area contributed by atoms with Crippen LogP contribution in [0.1, 0.15) is 25.6 Å². The van der Waals surface area contributed by atoms with Gasteiger partial charge in [-0.25, -0.2) is 9.97 Å². The molecule has 1 saturated heterocycles. The number of esters is 1. The number of hydrogen-bond donors (Lipinski definition) is 0. The number of ether oxygens (including phenoxy) is 1. The molecule has 2 rings (SSSR count). The van der Waals surface area contributed by atoms with E-state index in [1.807, 2.05) is 6.92 Å². The molecule has 2 heterocycles. The van der Waals surface area contributed by atoms with E-state index in [4.69, 9.17) is 16.3 Å². The van der Waals surface area contributed by atoms with E-state index >= 15 is 0 Å². The van der Waals surface area contributed by atoms with Crippen molar-refractivity contribution in [1.82, 2.24) is 9.97 Å². The fourth-order valence-electron chi connectivity index (χ4n) is 2.28. The minimum absolute atomic E-state index is 0.00389. The Hall–Kier alpha value is -1.36. The maximum Gasteiger partial charge on any atom is 0.308 e. The van der Waals surface area contributed by atoms with Crippen LogP contribution in [0.5, 0.6) is 0 Å². The molecule has 1 aromatic rings. The lowest BCUT2D eigenvalue weighted by Gasteiger charge is -2.31. The zero-order chi connectivity index (χ0) is 13.8. The summed E-state index contributed by atoms with van der Waals surface area (Å²) in [6.07, 6.45) is 2.33. The van der Waals surface area contributed by atoms with E-state index < -0.39 is 0 Å². The van der Waals surface area contributed by atoms with Crippen molar-refractivity contribution in [3.63, 3.8) is 0 Å². The standard InChI is InChI=1S/C13H18ClN3O2/c1-3-11-15-10(14)8-12(16-11)17-6-4-9(5-7-17)13(18)19-2/h8-9H,3-7H2,1-2H3. The molecule has 0 radical (unpaired) electrons. The second kappa shape index (κ2) is 6.19. The van der Waals surface area contributed by atoms with E-state index in [0.717, 1.165) is 44.0 Å². The van der Waals surface area contributed by atoms with Gasteiger partial charge in [0.05, 0.1) is 13.0 Å². The summed E-state index contributed by atoms with van der Waals surface area (Å²) in [5.74, 6) is 1.48. The van der Waals surface area contributed by atoms with E-state index in [9.17, 15) is 4.79 Å². The summed E-state index contributed by atoms with van der Waals surface area (Å²) in [6.45, 7) is 3.57.